The number of rotatable bonds is 0. The van der Waals surface area contributed by atoms with Crippen LogP contribution in [0.2, 0.25) is 0 Å². The van der Waals surface area contributed by atoms with Crippen molar-refractivity contribution in [3.8, 4) is 0 Å². The van der Waals surface area contributed by atoms with Gasteiger partial charge in [-0.2, -0.15) is 0 Å². The van der Waals surface area contributed by atoms with E-state index in [0.717, 1.165) is 44.1 Å². The summed E-state index contributed by atoms with van der Waals surface area (Å²) in [6.45, 7) is 0. The third-order valence-corrected chi connectivity index (χ3v) is 5.10. The fourth-order valence-electron chi connectivity index (χ4n) is 3.34. The van der Waals surface area contributed by atoms with Crippen LogP contribution in [-0.2, 0) is 68.3 Å². The van der Waals surface area contributed by atoms with Gasteiger partial charge in [0, 0.05) is 68.3 Å². The first-order valence-electron chi connectivity index (χ1n) is 12.6. The zero-order valence-corrected chi connectivity index (χ0v) is 31.8. The SMILES string of the molecule is [Fe].[Fe].[Fe].[Fe].[N]=O.[N]=O.[N]=O.[N]=O.[N]=O.[N]=O.[N]=O.[N]=O.c1ccc2[n-]cnc2c1.c1ccc2[n-]cnc2c1.c1ccc2[n-]cnc2c1.c1ccc2[n-]cnc2c1. The van der Waals surface area contributed by atoms with Gasteiger partial charge in [0.05, 0.1) is 0 Å². The number of hydrogen-bond donors (Lipinski definition) is 0. The van der Waals surface area contributed by atoms with Crippen LogP contribution in [0.1, 0.15) is 0 Å². The number of para-hydroxylation sites is 8. The predicted octanol–water partition coefficient (Wildman–Crippen LogP) is 1.18. The van der Waals surface area contributed by atoms with Gasteiger partial charge in [-0.15, -0.1) is 39.3 Å². The van der Waals surface area contributed by atoms with Crippen molar-refractivity contribution in [3.63, 3.8) is 0 Å². The Morgan fingerprint density at radius 1 is 0.268 bits per heavy atom. The van der Waals surface area contributed by atoms with E-state index in [4.69, 9.17) is 84.0 Å². The van der Waals surface area contributed by atoms with Gasteiger partial charge in [0.25, 0.3) is 0 Å². The molecule has 0 N–H and O–H groups in total. The Morgan fingerprint density at radius 2 is 0.411 bits per heavy atom. The zero-order chi connectivity index (χ0) is 40.4. The summed E-state index contributed by atoms with van der Waals surface area (Å²) in [6.07, 6.45) is 6.30. The van der Waals surface area contributed by atoms with E-state index in [9.17, 15) is 0 Å². The third-order valence-electron chi connectivity index (χ3n) is 5.10. The molecule has 0 amide bonds. The largest absolute Gasteiger partial charge is 0.443 e. The Hall–Kier alpha value is -6.36. The quantitative estimate of drug-likeness (QED) is 0.193. The van der Waals surface area contributed by atoms with Gasteiger partial charge < -0.3 is 39.9 Å². The Kier molecular flexibility index (Phi) is 64.1. The van der Waals surface area contributed by atoms with Crippen LogP contribution < -0.4 is 64.7 Å². The van der Waals surface area contributed by atoms with E-state index in [2.05, 4.69) is 39.9 Å². The van der Waals surface area contributed by atoms with E-state index < -0.39 is 0 Å². The van der Waals surface area contributed by atoms with Gasteiger partial charge in [-0.05, 0) is 44.1 Å². The van der Waals surface area contributed by atoms with Crippen LogP contribution in [0.3, 0.4) is 0 Å². The summed E-state index contributed by atoms with van der Waals surface area (Å²) in [7, 11) is 0. The maximum Gasteiger partial charge on any atom is 0.120 e. The molecule has 0 aliphatic carbocycles. The first-order chi connectivity index (χ1) is 25.9. The zero-order valence-electron chi connectivity index (χ0n) is 27.4. The molecule has 8 aromatic rings. The van der Waals surface area contributed by atoms with Gasteiger partial charge in [-0.1, -0.05) is 122 Å². The van der Waals surface area contributed by atoms with Crippen molar-refractivity contribution in [2.75, 3.05) is 0 Å². The van der Waals surface area contributed by atoms with Crippen molar-refractivity contribution in [3.05, 3.63) is 162 Å². The average Bonchev–Trinajstić information content (AvgIpc) is 4.12. The van der Waals surface area contributed by atoms with Crippen LogP contribution in [0.5, 0.6) is 0 Å². The second-order valence-electron chi connectivity index (χ2n) is 7.45. The molecule has 0 saturated carbocycles. The second kappa shape index (κ2) is 53.0. The Balaban J connectivity index is -0.0000000799. The number of imidazole rings is 4. The molecule has 24 nitrogen and oxygen atoms in total. The molecule has 296 valence electrons. The summed E-state index contributed by atoms with van der Waals surface area (Å²) in [4.78, 5) is 90.1. The van der Waals surface area contributed by atoms with Crippen molar-refractivity contribution < 1.29 is 68.3 Å². The summed E-state index contributed by atoms with van der Waals surface area (Å²) in [6, 6.07) is 31.2. The molecule has 4 heterocycles. The van der Waals surface area contributed by atoms with Crippen molar-refractivity contribution in [1.82, 2.24) is 84.6 Å². The molecule has 8 radical (unpaired) electrons. The predicted molar refractivity (Wildman–Crippen MR) is 184 cm³/mol. The summed E-state index contributed by atoms with van der Waals surface area (Å²) < 4.78 is 0. The minimum atomic E-state index is 0. The molecule has 8 rings (SSSR count). The normalized spacial score (nSPS) is 7.14. The van der Waals surface area contributed by atoms with Gasteiger partial charge in [0.2, 0.25) is 0 Å². The van der Waals surface area contributed by atoms with E-state index >= 15 is 0 Å². The standard InChI is InChI=1S/4C7H5N2.4Fe.8NO/c4*1-2-4-7-6(3-1)8-5-9-7;;;;;8*1-2/h4*1-5H;;;;;;;;;;;;/q4*-1;;;;;;;;;;;;. The van der Waals surface area contributed by atoms with Gasteiger partial charge in [0.15, 0.2) is 0 Å². The van der Waals surface area contributed by atoms with Crippen LogP contribution in [0.15, 0.2) is 122 Å². The molecule has 56 heavy (non-hydrogen) atoms. The van der Waals surface area contributed by atoms with E-state index in [0.29, 0.717) is 0 Å². The minimum Gasteiger partial charge on any atom is -0.443 e. The summed E-state index contributed by atoms with van der Waals surface area (Å²) >= 11 is 0. The fraction of sp³-hybridized carbons (Fsp3) is 0. The monoisotopic (exact) mass is 932 g/mol. The van der Waals surface area contributed by atoms with Crippen molar-refractivity contribution >= 4 is 44.1 Å². The smallest absolute Gasteiger partial charge is 0.120 e. The van der Waals surface area contributed by atoms with Crippen LogP contribution in [0.4, 0.5) is 0 Å². The molecule has 0 atom stereocenters. The van der Waals surface area contributed by atoms with Crippen LogP contribution in [-0.4, -0.2) is 19.9 Å². The average molecular weight is 932 g/mol. The molecule has 0 bridgehead atoms. The summed E-state index contributed by atoms with van der Waals surface area (Å²) in [5.74, 6) is 0. The van der Waals surface area contributed by atoms with Crippen LogP contribution in [0.25, 0.3) is 44.1 Å². The van der Waals surface area contributed by atoms with E-state index in [1.54, 1.807) is 25.3 Å². The van der Waals surface area contributed by atoms with Crippen LogP contribution >= 0.6 is 0 Å². The topological polar surface area (TPSA) is 423 Å². The van der Waals surface area contributed by atoms with E-state index in [-0.39, 0.29) is 68.3 Å². The maximum absolute atomic E-state index is 7.25. The van der Waals surface area contributed by atoms with Crippen molar-refractivity contribution in [1.29, 1.82) is 0 Å². The maximum atomic E-state index is 7.25. The molecule has 4 aromatic carbocycles. The second-order valence-corrected chi connectivity index (χ2v) is 7.45. The van der Waals surface area contributed by atoms with Gasteiger partial charge >= 0.3 is 0 Å². The molecule has 4 aromatic heterocycles. The third kappa shape index (κ3) is 27.3. The number of benzene rings is 4. The van der Waals surface area contributed by atoms with Gasteiger partial charge in [-0.25, -0.2) is 0 Å². The molecule has 0 aliphatic rings. The van der Waals surface area contributed by atoms with Crippen molar-refractivity contribution in [2.45, 2.75) is 0 Å². The fourth-order valence-corrected chi connectivity index (χ4v) is 3.34. The number of nitrogens with zero attached hydrogens (tertiary/aromatic N) is 16. The minimum absolute atomic E-state index is 0. The first-order valence-corrected chi connectivity index (χ1v) is 12.6. The Bertz CT molecular complexity index is 1570. The summed E-state index contributed by atoms with van der Waals surface area (Å²) in [5.41, 5.74) is 53.8. The molecule has 28 heteroatoms. The number of fused-ring (bicyclic) bond motifs is 4. The molecule has 0 fully saturated rings. The Labute approximate surface area is 356 Å². The van der Waals surface area contributed by atoms with E-state index in [1.165, 1.54) is 0 Å². The number of hydrogen-bond acceptors (Lipinski definition) is 12. The van der Waals surface area contributed by atoms with Crippen molar-refractivity contribution in [2.24, 2.45) is 0 Å². The molecule has 0 saturated heterocycles. The Morgan fingerprint density at radius 3 is 0.554 bits per heavy atom. The molecular weight excluding hydrogens is 912 g/mol. The number of aromatic nitrogens is 8. The van der Waals surface area contributed by atoms with Gasteiger partial charge in [0.1, 0.15) is 44.8 Å². The number of nitroso groups, excluding NO2 is 8. The molecular formula is C28H20Fe4N16O8-4. The van der Waals surface area contributed by atoms with Gasteiger partial charge in [-0.3, -0.25) is 0 Å². The molecule has 0 spiro atoms. The summed E-state index contributed by atoms with van der Waals surface area (Å²) in [5, 5.41) is 0. The first kappa shape index (κ1) is 67.7. The van der Waals surface area contributed by atoms with Crippen LogP contribution in [0, 0.1) is 39.3 Å². The molecule has 0 aliphatic heterocycles. The molecule has 0 unspecified atom stereocenters. The van der Waals surface area contributed by atoms with E-state index in [1.807, 2.05) is 97.1 Å².